The van der Waals surface area contributed by atoms with Gasteiger partial charge in [0.05, 0.1) is 5.69 Å². The Balaban J connectivity index is 1.48. The number of aliphatic hydroxyl groups is 1. The van der Waals surface area contributed by atoms with Crippen molar-refractivity contribution in [2.45, 2.75) is 38.8 Å². The maximum atomic E-state index is 13.2. The van der Waals surface area contributed by atoms with E-state index in [1.807, 2.05) is 31.3 Å². The number of benzene rings is 1. The number of pyridine rings is 2. The van der Waals surface area contributed by atoms with E-state index in [4.69, 9.17) is 4.74 Å². The Morgan fingerprint density at radius 1 is 1.19 bits per heavy atom. The highest BCUT2D eigenvalue weighted by Gasteiger charge is 2.31. The number of amides is 2. The average molecular weight is 485 g/mol. The van der Waals surface area contributed by atoms with E-state index in [0.717, 1.165) is 16.8 Å². The standard InChI is InChI=1S/C28H28N4O4/c1-18-5-6-21(16-30-18)13-20-10-12-29-22(14-20)26(33)31-23-17-36-25-8-7-19(9-11-28(2,3)35)15-24(25)32(4)27(23)34/h5-8,10,12,14-16,23,35H,13,17H2,1-4H3,(H,31,33)/t23-/m0/s1. The summed E-state index contributed by atoms with van der Waals surface area (Å²) in [6, 6.07) is 11.8. The SMILES string of the molecule is Cc1ccc(Cc2ccnc(C(=O)N[C@H]3COc4ccc(C#CC(C)(C)O)cc4N(C)C3=O)c2)cn1. The quantitative estimate of drug-likeness (QED) is 0.552. The van der Waals surface area contributed by atoms with Crippen LogP contribution < -0.4 is 15.0 Å². The zero-order chi connectivity index (χ0) is 25.9. The Morgan fingerprint density at radius 2 is 2.00 bits per heavy atom. The van der Waals surface area contributed by atoms with E-state index in [1.165, 1.54) is 4.90 Å². The van der Waals surface area contributed by atoms with E-state index in [2.05, 4.69) is 27.1 Å². The van der Waals surface area contributed by atoms with Crippen molar-refractivity contribution >= 4 is 17.5 Å². The number of hydrogen-bond acceptors (Lipinski definition) is 6. The molecule has 3 heterocycles. The second kappa shape index (κ2) is 10.2. The van der Waals surface area contributed by atoms with Crippen LogP contribution in [0.25, 0.3) is 0 Å². The number of aryl methyl sites for hydroxylation is 1. The number of nitrogens with one attached hydrogen (secondary N) is 1. The van der Waals surface area contributed by atoms with Gasteiger partial charge in [0.2, 0.25) is 0 Å². The van der Waals surface area contributed by atoms with Crippen molar-refractivity contribution in [3.8, 4) is 17.6 Å². The average Bonchev–Trinajstić information content (AvgIpc) is 2.96. The molecule has 0 saturated heterocycles. The van der Waals surface area contributed by atoms with E-state index < -0.39 is 17.6 Å². The smallest absolute Gasteiger partial charge is 0.270 e. The first-order chi connectivity index (χ1) is 17.1. The van der Waals surface area contributed by atoms with Crippen molar-refractivity contribution in [1.29, 1.82) is 0 Å². The number of likely N-dealkylation sites (N-methyl/N-ethyl adjacent to an activating group) is 1. The predicted octanol–water partition coefficient (Wildman–Crippen LogP) is 2.65. The summed E-state index contributed by atoms with van der Waals surface area (Å²) in [7, 11) is 1.62. The summed E-state index contributed by atoms with van der Waals surface area (Å²) in [4.78, 5) is 36.1. The van der Waals surface area contributed by atoms with E-state index in [0.29, 0.717) is 23.4 Å². The highest BCUT2D eigenvalue weighted by molar-refractivity contribution is 6.03. The Morgan fingerprint density at radius 3 is 2.72 bits per heavy atom. The number of anilines is 1. The highest BCUT2D eigenvalue weighted by atomic mass is 16.5. The van der Waals surface area contributed by atoms with Gasteiger partial charge in [-0.2, -0.15) is 0 Å². The van der Waals surface area contributed by atoms with Crippen LogP contribution >= 0.6 is 0 Å². The zero-order valence-corrected chi connectivity index (χ0v) is 20.7. The van der Waals surface area contributed by atoms with E-state index >= 15 is 0 Å². The van der Waals surface area contributed by atoms with Gasteiger partial charge in [0.15, 0.2) is 0 Å². The van der Waals surface area contributed by atoms with Gasteiger partial charge in [-0.15, -0.1) is 0 Å². The summed E-state index contributed by atoms with van der Waals surface area (Å²) in [5, 5.41) is 12.6. The minimum absolute atomic E-state index is 0.0225. The molecule has 36 heavy (non-hydrogen) atoms. The second-order valence-corrected chi connectivity index (χ2v) is 9.26. The lowest BCUT2D eigenvalue weighted by molar-refractivity contribution is -0.120. The number of fused-ring (bicyclic) bond motifs is 1. The number of hydrogen-bond donors (Lipinski definition) is 2. The van der Waals surface area contributed by atoms with Gasteiger partial charge in [0.25, 0.3) is 11.8 Å². The van der Waals surface area contributed by atoms with Crippen LogP contribution in [-0.2, 0) is 11.2 Å². The van der Waals surface area contributed by atoms with Crippen LogP contribution in [0.3, 0.4) is 0 Å². The molecule has 4 rings (SSSR count). The fourth-order valence-corrected chi connectivity index (χ4v) is 3.68. The van der Waals surface area contributed by atoms with E-state index in [1.54, 1.807) is 51.4 Å². The van der Waals surface area contributed by atoms with Crippen LogP contribution in [0, 0.1) is 18.8 Å². The summed E-state index contributed by atoms with van der Waals surface area (Å²) in [6.45, 7) is 5.10. The van der Waals surface area contributed by atoms with Crippen molar-refractivity contribution in [2.24, 2.45) is 0 Å². The molecule has 2 amide bonds. The monoisotopic (exact) mass is 484 g/mol. The summed E-state index contributed by atoms with van der Waals surface area (Å²) in [5.74, 6) is 5.38. The lowest BCUT2D eigenvalue weighted by Gasteiger charge is -2.20. The molecular formula is C28H28N4O4. The molecule has 2 N–H and O–H groups in total. The summed E-state index contributed by atoms with van der Waals surface area (Å²) >= 11 is 0. The maximum absolute atomic E-state index is 13.2. The summed E-state index contributed by atoms with van der Waals surface area (Å²) < 4.78 is 5.85. The minimum atomic E-state index is -1.14. The second-order valence-electron chi connectivity index (χ2n) is 9.26. The van der Waals surface area contributed by atoms with Gasteiger partial charge in [-0.1, -0.05) is 17.9 Å². The Labute approximate surface area is 210 Å². The van der Waals surface area contributed by atoms with E-state index in [-0.39, 0.29) is 18.2 Å². The molecule has 3 aromatic rings. The molecule has 184 valence electrons. The van der Waals surface area contributed by atoms with E-state index in [9.17, 15) is 14.7 Å². The van der Waals surface area contributed by atoms with Gasteiger partial charge >= 0.3 is 0 Å². The highest BCUT2D eigenvalue weighted by Crippen LogP contribution is 2.31. The molecule has 0 radical (unpaired) electrons. The molecule has 1 atom stereocenters. The first kappa shape index (κ1) is 24.9. The number of ether oxygens (including phenoxy) is 1. The third kappa shape index (κ3) is 6.06. The fourth-order valence-electron chi connectivity index (χ4n) is 3.68. The van der Waals surface area contributed by atoms with Crippen LogP contribution in [0.15, 0.2) is 54.9 Å². The first-order valence-electron chi connectivity index (χ1n) is 11.6. The molecular weight excluding hydrogens is 456 g/mol. The maximum Gasteiger partial charge on any atom is 0.270 e. The van der Waals surface area contributed by atoms with Crippen molar-refractivity contribution in [3.05, 3.63) is 82.9 Å². The van der Waals surface area contributed by atoms with Gasteiger partial charge in [-0.3, -0.25) is 19.6 Å². The lowest BCUT2D eigenvalue weighted by atomic mass is 10.1. The molecule has 8 heteroatoms. The Kier molecular flexibility index (Phi) is 7.04. The molecule has 0 spiro atoms. The summed E-state index contributed by atoms with van der Waals surface area (Å²) in [6.07, 6.45) is 4.00. The van der Waals surface area contributed by atoms with Gasteiger partial charge in [0, 0.05) is 30.7 Å². The number of rotatable bonds is 4. The lowest BCUT2D eigenvalue weighted by Crippen LogP contribution is -2.49. The molecule has 0 bridgehead atoms. The third-order valence-electron chi connectivity index (χ3n) is 5.61. The normalized spacial score (nSPS) is 15.2. The molecule has 8 nitrogen and oxygen atoms in total. The van der Waals surface area contributed by atoms with Crippen LogP contribution in [-0.4, -0.2) is 52.2 Å². The zero-order valence-electron chi connectivity index (χ0n) is 20.7. The molecule has 0 unspecified atom stereocenters. The fraction of sp³-hybridized carbons (Fsp3) is 0.286. The largest absolute Gasteiger partial charge is 0.489 e. The number of carbonyl (C=O) groups excluding carboxylic acids is 2. The van der Waals surface area contributed by atoms with Crippen LogP contribution in [0.4, 0.5) is 5.69 Å². The Bertz CT molecular complexity index is 1350. The minimum Gasteiger partial charge on any atom is -0.489 e. The van der Waals surface area contributed by atoms with Crippen molar-refractivity contribution in [3.63, 3.8) is 0 Å². The van der Waals surface area contributed by atoms with Gasteiger partial charge < -0.3 is 20.1 Å². The van der Waals surface area contributed by atoms with Gasteiger partial charge in [-0.05, 0) is 74.7 Å². The molecule has 0 aliphatic carbocycles. The van der Waals surface area contributed by atoms with Crippen LogP contribution in [0.5, 0.6) is 5.75 Å². The van der Waals surface area contributed by atoms with Gasteiger partial charge in [-0.25, -0.2) is 0 Å². The molecule has 0 saturated carbocycles. The number of nitrogens with zero attached hydrogens (tertiary/aromatic N) is 3. The van der Waals surface area contributed by atoms with Crippen molar-refractivity contribution < 1.29 is 19.4 Å². The first-order valence-corrected chi connectivity index (χ1v) is 11.6. The topological polar surface area (TPSA) is 105 Å². The molecule has 0 fully saturated rings. The summed E-state index contributed by atoms with van der Waals surface area (Å²) in [5.41, 5.74) is 3.12. The predicted molar refractivity (Wildman–Crippen MR) is 136 cm³/mol. The molecule has 1 aliphatic rings. The van der Waals surface area contributed by atoms with Gasteiger partial charge in [0.1, 0.15) is 29.7 Å². The number of carbonyl (C=O) groups is 2. The number of aromatic nitrogens is 2. The van der Waals surface area contributed by atoms with Crippen LogP contribution in [0.1, 0.15) is 46.7 Å². The molecule has 1 aromatic carbocycles. The third-order valence-corrected chi connectivity index (χ3v) is 5.61. The van der Waals surface area contributed by atoms with Crippen molar-refractivity contribution in [1.82, 2.24) is 15.3 Å². The van der Waals surface area contributed by atoms with Crippen molar-refractivity contribution in [2.75, 3.05) is 18.6 Å². The molecule has 2 aromatic heterocycles. The Hall–Kier alpha value is -4.22. The van der Waals surface area contributed by atoms with Crippen LogP contribution in [0.2, 0.25) is 0 Å². The molecule has 1 aliphatic heterocycles.